The molecule has 0 aliphatic rings. The fourth-order valence-electron chi connectivity index (χ4n) is 1.31. The zero-order chi connectivity index (χ0) is 13.1. The van der Waals surface area contributed by atoms with Crippen molar-refractivity contribution in [1.29, 1.82) is 0 Å². The molecule has 0 bridgehead atoms. The minimum atomic E-state index is -0.958. The first-order valence-corrected chi connectivity index (χ1v) is 6.18. The van der Waals surface area contributed by atoms with E-state index in [1.54, 1.807) is 5.38 Å². The summed E-state index contributed by atoms with van der Waals surface area (Å²) >= 11 is 6.96. The van der Waals surface area contributed by atoms with Crippen LogP contribution < -0.4 is 5.32 Å². The summed E-state index contributed by atoms with van der Waals surface area (Å²) in [4.78, 5) is 14.5. The van der Waals surface area contributed by atoms with Crippen LogP contribution in [0.5, 0.6) is 0 Å². The maximum Gasteiger partial charge on any atom is 0.309 e. The average Bonchev–Trinajstić information content (AvgIpc) is 2.70. The van der Waals surface area contributed by atoms with E-state index in [0.29, 0.717) is 15.8 Å². The first-order chi connectivity index (χ1) is 8.54. The quantitative estimate of drug-likeness (QED) is 0.905. The van der Waals surface area contributed by atoms with Crippen molar-refractivity contribution in [2.75, 3.05) is 5.32 Å². The summed E-state index contributed by atoms with van der Waals surface area (Å²) in [5, 5.41) is 13.8. The van der Waals surface area contributed by atoms with Gasteiger partial charge in [-0.15, -0.1) is 11.3 Å². The topological polar surface area (TPSA) is 62.2 Å². The summed E-state index contributed by atoms with van der Waals surface area (Å²) in [5.41, 5.74) is 0.635. The Hall–Kier alpha value is -1.66. The molecule has 2 aromatic rings. The molecule has 1 heterocycles. The average molecular weight is 287 g/mol. The molecule has 1 aromatic heterocycles. The number of carboxylic acid groups (broad SMARTS) is 1. The predicted molar refractivity (Wildman–Crippen MR) is 68.1 cm³/mol. The number of aromatic nitrogens is 1. The summed E-state index contributed by atoms with van der Waals surface area (Å²) in [6.45, 7) is 0. The maximum atomic E-state index is 13.4. The highest BCUT2D eigenvalue weighted by Crippen LogP contribution is 2.25. The molecule has 2 N–H and O–H groups in total. The van der Waals surface area contributed by atoms with Crippen LogP contribution in [-0.4, -0.2) is 16.1 Å². The smallest absolute Gasteiger partial charge is 0.309 e. The molecule has 0 spiro atoms. The molecule has 0 radical (unpaired) electrons. The molecule has 4 nitrogen and oxygen atoms in total. The second-order valence-electron chi connectivity index (χ2n) is 3.46. The van der Waals surface area contributed by atoms with Gasteiger partial charge in [-0.1, -0.05) is 11.6 Å². The molecule has 18 heavy (non-hydrogen) atoms. The van der Waals surface area contributed by atoms with E-state index < -0.39 is 11.8 Å². The zero-order valence-electron chi connectivity index (χ0n) is 8.98. The van der Waals surface area contributed by atoms with Crippen LogP contribution in [-0.2, 0) is 11.2 Å². The molecule has 1 aromatic carbocycles. The number of nitrogens with zero attached hydrogens (tertiary/aromatic N) is 1. The van der Waals surface area contributed by atoms with Crippen LogP contribution in [0.2, 0.25) is 5.02 Å². The number of carboxylic acids is 1. The van der Waals surface area contributed by atoms with Gasteiger partial charge in [0.25, 0.3) is 0 Å². The number of nitrogens with one attached hydrogen (secondary N) is 1. The summed E-state index contributed by atoms with van der Waals surface area (Å²) in [7, 11) is 0. The third kappa shape index (κ3) is 3.18. The van der Waals surface area contributed by atoms with Crippen LogP contribution in [0, 0.1) is 5.82 Å². The summed E-state index contributed by atoms with van der Waals surface area (Å²) in [6.07, 6.45) is -0.157. The van der Waals surface area contributed by atoms with E-state index in [-0.39, 0.29) is 12.1 Å². The van der Waals surface area contributed by atoms with Crippen molar-refractivity contribution in [3.8, 4) is 0 Å². The van der Waals surface area contributed by atoms with Gasteiger partial charge in [0.1, 0.15) is 5.82 Å². The van der Waals surface area contributed by atoms with Gasteiger partial charge in [0.2, 0.25) is 0 Å². The third-order valence-corrected chi connectivity index (χ3v) is 3.10. The molecule has 0 unspecified atom stereocenters. The van der Waals surface area contributed by atoms with Crippen molar-refractivity contribution >= 4 is 39.7 Å². The van der Waals surface area contributed by atoms with Gasteiger partial charge in [0.05, 0.1) is 17.8 Å². The number of aliphatic carboxylic acids is 1. The second kappa shape index (κ2) is 5.32. The molecule has 0 aliphatic heterocycles. The SMILES string of the molecule is O=C(O)Cc1csc(Nc2cc(Cl)ccc2F)n1. The van der Waals surface area contributed by atoms with Crippen LogP contribution in [0.15, 0.2) is 23.6 Å². The third-order valence-electron chi connectivity index (χ3n) is 2.05. The van der Waals surface area contributed by atoms with Crippen LogP contribution >= 0.6 is 22.9 Å². The number of carbonyl (C=O) groups is 1. The molecule has 2 rings (SSSR count). The lowest BCUT2D eigenvalue weighted by Gasteiger charge is -2.04. The Morgan fingerprint density at radius 3 is 3.06 bits per heavy atom. The molecule has 94 valence electrons. The van der Waals surface area contributed by atoms with E-state index in [2.05, 4.69) is 10.3 Å². The molecule has 0 amide bonds. The van der Waals surface area contributed by atoms with Crippen molar-refractivity contribution in [2.45, 2.75) is 6.42 Å². The fraction of sp³-hybridized carbons (Fsp3) is 0.0909. The van der Waals surface area contributed by atoms with E-state index in [1.807, 2.05) is 0 Å². The van der Waals surface area contributed by atoms with Crippen LogP contribution in [0.25, 0.3) is 0 Å². The second-order valence-corrected chi connectivity index (χ2v) is 4.76. The lowest BCUT2D eigenvalue weighted by atomic mass is 10.3. The molecule has 0 saturated heterocycles. The molecular weight excluding hydrogens is 279 g/mol. The van der Waals surface area contributed by atoms with Gasteiger partial charge in [-0.25, -0.2) is 9.37 Å². The first kappa shape index (κ1) is 12.8. The Labute approximate surface area is 111 Å². The number of rotatable bonds is 4. The molecular formula is C11H8ClFN2O2S. The van der Waals surface area contributed by atoms with Gasteiger partial charge in [0.15, 0.2) is 5.13 Å². The Morgan fingerprint density at radius 1 is 1.56 bits per heavy atom. The lowest BCUT2D eigenvalue weighted by Crippen LogP contribution is -2.00. The fourth-order valence-corrected chi connectivity index (χ4v) is 2.20. The highest BCUT2D eigenvalue weighted by molar-refractivity contribution is 7.13. The summed E-state index contributed by atoms with van der Waals surface area (Å²) < 4.78 is 13.4. The Bertz CT molecular complexity index is 588. The molecule has 0 aliphatic carbocycles. The normalized spacial score (nSPS) is 10.3. The zero-order valence-corrected chi connectivity index (χ0v) is 10.6. The van der Waals surface area contributed by atoms with Crippen LogP contribution in [0.1, 0.15) is 5.69 Å². The van der Waals surface area contributed by atoms with Crippen molar-refractivity contribution in [1.82, 2.24) is 4.98 Å². The van der Waals surface area contributed by atoms with Crippen molar-refractivity contribution in [2.24, 2.45) is 0 Å². The van der Waals surface area contributed by atoms with Gasteiger partial charge in [-0.2, -0.15) is 0 Å². The standard InChI is InChI=1S/C11H8ClFN2O2S/c12-6-1-2-8(13)9(3-6)15-11-14-7(5-18-11)4-10(16)17/h1-3,5H,4H2,(H,14,15)(H,16,17). The number of thiazole rings is 1. The number of hydrogen-bond donors (Lipinski definition) is 2. The van der Waals surface area contributed by atoms with Crippen molar-refractivity contribution in [3.05, 3.63) is 40.1 Å². The van der Waals surface area contributed by atoms with Gasteiger partial charge in [-0.3, -0.25) is 4.79 Å². The highest BCUT2D eigenvalue weighted by Gasteiger charge is 2.08. The lowest BCUT2D eigenvalue weighted by molar-refractivity contribution is -0.136. The van der Waals surface area contributed by atoms with E-state index in [1.165, 1.54) is 29.5 Å². The van der Waals surface area contributed by atoms with E-state index in [4.69, 9.17) is 16.7 Å². The minimum Gasteiger partial charge on any atom is -0.481 e. The molecule has 0 atom stereocenters. The van der Waals surface area contributed by atoms with E-state index >= 15 is 0 Å². The van der Waals surface area contributed by atoms with Gasteiger partial charge in [0, 0.05) is 10.4 Å². The van der Waals surface area contributed by atoms with Gasteiger partial charge in [-0.05, 0) is 18.2 Å². The number of anilines is 2. The largest absolute Gasteiger partial charge is 0.481 e. The number of halogens is 2. The Balaban J connectivity index is 2.16. The number of benzene rings is 1. The van der Waals surface area contributed by atoms with Crippen molar-refractivity contribution < 1.29 is 14.3 Å². The molecule has 7 heteroatoms. The maximum absolute atomic E-state index is 13.4. The summed E-state index contributed by atoms with van der Waals surface area (Å²) in [6, 6.07) is 4.13. The molecule has 0 saturated carbocycles. The van der Waals surface area contributed by atoms with E-state index in [9.17, 15) is 9.18 Å². The molecule has 0 fully saturated rings. The van der Waals surface area contributed by atoms with Gasteiger partial charge < -0.3 is 10.4 Å². The highest BCUT2D eigenvalue weighted by atomic mass is 35.5. The van der Waals surface area contributed by atoms with Gasteiger partial charge >= 0.3 is 5.97 Å². The summed E-state index contributed by atoms with van der Waals surface area (Å²) in [5.74, 6) is -1.41. The van der Waals surface area contributed by atoms with E-state index in [0.717, 1.165) is 0 Å². The monoisotopic (exact) mass is 286 g/mol. The van der Waals surface area contributed by atoms with Crippen molar-refractivity contribution in [3.63, 3.8) is 0 Å². The predicted octanol–water partition coefficient (Wildman–Crippen LogP) is 3.31. The van der Waals surface area contributed by atoms with Crippen LogP contribution in [0.4, 0.5) is 15.2 Å². The minimum absolute atomic E-state index is 0.157. The number of hydrogen-bond acceptors (Lipinski definition) is 4. The Morgan fingerprint density at radius 2 is 2.33 bits per heavy atom. The Kier molecular flexibility index (Phi) is 3.78. The first-order valence-electron chi connectivity index (χ1n) is 4.93. The van der Waals surface area contributed by atoms with Crippen LogP contribution in [0.3, 0.4) is 0 Å².